The first-order valence-electron chi connectivity index (χ1n) is 11.8. The number of ether oxygens (including phenoxy) is 1. The van der Waals surface area contributed by atoms with Crippen LogP contribution in [-0.4, -0.2) is 44.5 Å². The van der Waals surface area contributed by atoms with Crippen molar-refractivity contribution in [3.05, 3.63) is 78.5 Å². The van der Waals surface area contributed by atoms with Crippen LogP contribution in [0.25, 0.3) is 10.9 Å². The predicted octanol–water partition coefficient (Wildman–Crippen LogP) is 4.47. The van der Waals surface area contributed by atoms with Gasteiger partial charge in [-0.15, -0.1) is 6.58 Å². The smallest absolute Gasteiger partial charge is 0.241 e. The number of aromatic nitrogens is 1. The van der Waals surface area contributed by atoms with E-state index >= 15 is 0 Å². The minimum Gasteiger partial charge on any atom is -0.497 e. The summed E-state index contributed by atoms with van der Waals surface area (Å²) in [6.45, 7) is 7.86. The molecule has 1 aromatic heterocycles. The van der Waals surface area contributed by atoms with E-state index in [0.29, 0.717) is 11.8 Å². The Morgan fingerprint density at radius 2 is 2.00 bits per heavy atom. The highest BCUT2D eigenvalue weighted by atomic mass is 32.2. The van der Waals surface area contributed by atoms with Crippen LogP contribution in [0.4, 0.5) is 0 Å². The molecule has 3 aliphatic heterocycles. The molecule has 178 valence electrons. The number of rotatable bonds is 7. The van der Waals surface area contributed by atoms with Gasteiger partial charge in [0.05, 0.1) is 23.6 Å². The van der Waals surface area contributed by atoms with Crippen LogP contribution in [0.3, 0.4) is 0 Å². The summed E-state index contributed by atoms with van der Waals surface area (Å²) in [6, 6.07) is 14.3. The van der Waals surface area contributed by atoms with Gasteiger partial charge < -0.3 is 4.74 Å². The van der Waals surface area contributed by atoms with Gasteiger partial charge in [-0.25, -0.2) is 13.1 Å². The molecule has 0 spiro atoms. The lowest BCUT2D eigenvalue weighted by atomic mass is 9.73. The molecule has 0 saturated carbocycles. The zero-order chi connectivity index (χ0) is 23.9. The van der Waals surface area contributed by atoms with E-state index in [9.17, 15) is 8.42 Å². The summed E-state index contributed by atoms with van der Waals surface area (Å²) in [4.78, 5) is 7.23. The zero-order valence-electron chi connectivity index (χ0n) is 19.6. The number of hydrogen-bond donors (Lipinski definition) is 1. The molecule has 5 atom stereocenters. The molecule has 2 bridgehead atoms. The molecule has 3 aromatic rings. The fourth-order valence-electron chi connectivity index (χ4n) is 5.57. The molecule has 7 heteroatoms. The number of piperidine rings is 3. The summed E-state index contributed by atoms with van der Waals surface area (Å²) in [5, 5.41) is 0.904. The van der Waals surface area contributed by atoms with E-state index in [-0.39, 0.29) is 10.9 Å². The molecule has 4 heterocycles. The Hall–Kier alpha value is -2.74. The Balaban J connectivity index is 1.61. The molecule has 2 aromatic carbocycles. The van der Waals surface area contributed by atoms with Gasteiger partial charge in [-0.1, -0.05) is 23.8 Å². The number of nitrogens with zero attached hydrogens (tertiary/aromatic N) is 2. The minimum absolute atomic E-state index is 0.0481. The Kier molecular flexibility index (Phi) is 6.18. The highest BCUT2D eigenvalue weighted by Gasteiger charge is 2.44. The molecule has 34 heavy (non-hydrogen) atoms. The minimum atomic E-state index is -3.74. The zero-order valence-corrected chi connectivity index (χ0v) is 20.5. The Morgan fingerprint density at radius 1 is 1.21 bits per heavy atom. The lowest BCUT2D eigenvalue weighted by Gasteiger charge is -2.51. The average molecular weight is 478 g/mol. The van der Waals surface area contributed by atoms with Crippen molar-refractivity contribution in [1.29, 1.82) is 0 Å². The maximum atomic E-state index is 13.6. The van der Waals surface area contributed by atoms with Crippen molar-refractivity contribution in [2.75, 3.05) is 20.2 Å². The van der Waals surface area contributed by atoms with Crippen molar-refractivity contribution in [3.63, 3.8) is 0 Å². The number of aryl methyl sites for hydroxylation is 1. The second-order valence-corrected chi connectivity index (χ2v) is 11.2. The molecule has 0 amide bonds. The van der Waals surface area contributed by atoms with Crippen molar-refractivity contribution in [2.24, 2.45) is 11.8 Å². The van der Waals surface area contributed by atoms with Crippen LogP contribution >= 0.6 is 0 Å². The maximum absolute atomic E-state index is 13.6. The van der Waals surface area contributed by atoms with Gasteiger partial charge in [0.1, 0.15) is 5.75 Å². The second-order valence-electron chi connectivity index (χ2n) is 9.44. The van der Waals surface area contributed by atoms with E-state index in [2.05, 4.69) is 27.3 Å². The number of benzene rings is 2. The number of hydrogen-bond acceptors (Lipinski definition) is 5. The molecule has 3 aliphatic rings. The first kappa shape index (κ1) is 23.0. The van der Waals surface area contributed by atoms with Gasteiger partial charge in [-0.2, -0.15) is 0 Å². The molecule has 6 rings (SSSR count). The number of methoxy groups -OCH3 is 1. The third-order valence-electron chi connectivity index (χ3n) is 7.47. The maximum Gasteiger partial charge on any atom is 0.241 e. The standard InChI is InChI=1S/C27H31N3O3S/c1-4-19-17-30-14-12-20(19)15-26(30)27(29-34(31,32)22-8-5-18(2)6-9-22)23-11-13-28-25-10-7-21(33-3)16-24(23)25/h4-11,13,16,19-20,26-27,29H,1,12,14-15,17H2,2-3H3/t19-,20-,26-,27-/m0/s1. The molecule has 3 saturated heterocycles. The van der Waals surface area contributed by atoms with Gasteiger partial charge in [0, 0.05) is 24.2 Å². The van der Waals surface area contributed by atoms with E-state index in [1.54, 1.807) is 25.4 Å². The molecule has 0 radical (unpaired) electrons. The Morgan fingerprint density at radius 3 is 2.68 bits per heavy atom. The van der Waals surface area contributed by atoms with Crippen LogP contribution in [0.1, 0.15) is 30.0 Å². The summed E-state index contributed by atoms with van der Waals surface area (Å²) in [6.07, 6.45) is 5.87. The van der Waals surface area contributed by atoms with Gasteiger partial charge >= 0.3 is 0 Å². The quantitative estimate of drug-likeness (QED) is 0.509. The molecule has 1 unspecified atom stereocenters. The van der Waals surface area contributed by atoms with Crippen molar-refractivity contribution < 1.29 is 13.2 Å². The molecule has 1 N–H and O–H groups in total. The molecule has 6 nitrogen and oxygen atoms in total. The van der Waals surface area contributed by atoms with Gasteiger partial charge in [0.2, 0.25) is 10.0 Å². The van der Waals surface area contributed by atoms with E-state index in [1.807, 2.05) is 43.3 Å². The van der Waals surface area contributed by atoms with E-state index < -0.39 is 16.1 Å². The molecule has 3 fully saturated rings. The van der Waals surface area contributed by atoms with Crippen LogP contribution in [0, 0.1) is 18.8 Å². The fraction of sp³-hybridized carbons (Fsp3) is 0.370. The van der Waals surface area contributed by atoms with E-state index in [4.69, 9.17) is 4.74 Å². The van der Waals surface area contributed by atoms with Crippen LogP contribution in [-0.2, 0) is 10.0 Å². The molecular weight excluding hydrogens is 446 g/mol. The average Bonchev–Trinajstić information content (AvgIpc) is 2.87. The van der Waals surface area contributed by atoms with Gasteiger partial charge in [0.25, 0.3) is 0 Å². The van der Waals surface area contributed by atoms with Crippen LogP contribution in [0.5, 0.6) is 5.75 Å². The summed E-state index contributed by atoms with van der Waals surface area (Å²) >= 11 is 0. The summed E-state index contributed by atoms with van der Waals surface area (Å²) < 4.78 is 35.7. The number of fused-ring (bicyclic) bond motifs is 4. The molecule has 0 aliphatic carbocycles. The molecular formula is C27H31N3O3S. The fourth-order valence-corrected chi connectivity index (χ4v) is 6.82. The first-order chi connectivity index (χ1) is 16.4. The van der Waals surface area contributed by atoms with E-state index in [1.165, 1.54) is 0 Å². The van der Waals surface area contributed by atoms with Crippen LogP contribution < -0.4 is 9.46 Å². The lowest BCUT2D eigenvalue weighted by molar-refractivity contribution is 0.00490. The van der Waals surface area contributed by atoms with Crippen molar-refractivity contribution in [3.8, 4) is 5.75 Å². The Bertz CT molecular complexity index is 1310. The Labute approximate surface area is 201 Å². The number of sulfonamides is 1. The van der Waals surface area contributed by atoms with Crippen molar-refractivity contribution in [1.82, 2.24) is 14.6 Å². The largest absolute Gasteiger partial charge is 0.497 e. The lowest BCUT2D eigenvalue weighted by Crippen LogP contribution is -2.57. The second kappa shape index (κ2) is 9.13. The summed E-state index contributed by atoms with van der Waals surface area (Å²) in [5.41, 5.74) is 2.76. The topological polar surface area (TPSA) is 71.5 Å². The number of nitrogens with one attached hydrogen (secondary N) is 1. The highest BCUT2D eigenvalue weighted by molar-refractivity contribution is 7.89. The van der Waals surface area contributed by atoms with E-state index in [0.717, 1.165) is 53.7 Å². The summed E-state index contributed by atoms with van der Waals surface area (Å²) in [5.74, 6) is 1.69. The third-order valence-corrected chi connectivity index (χ3v) is 8.93. The number of pyridine rings is 1. The normalized spacial score (nSPS) is 25.2. The van der Waals surface area contributed by atoms with Crippen LogP contribution in [0.2, 0.25) is 0 Å². The summed E-state index contributed by atoms with van der Waals surface area (Å²) in [7, 11) is -2.11. The van der Waals surface area contributed by atoms with Crippen LogP contribution in [0.15, 0.2) is 72.3 Å². The SMILES string of the molecule is C=C[C@H]1CN2CC[C@H]1C[C@H]2[C@@H](NS(=O)(=O)c1ccc(C)cc1)c1ccnc2ccc(OC)cc12. The predicted molar refractivity (Wildman–Crippen MR) is 134 cm³/mol. The van der Waals surface area contributed by atoms with Crippen molar-refractivity contribution >= 4 is 20.9 Å². The van der Waals surface area contributed by atoms with Gasteiger partial charge in [-0.3, -0.25) is 9.88 Å². The third kappa shape index (κ3) is 4.24. The van der Waals surface area contributed by atoms with Gasteiger partial charge in [0.15, 0.2) is 0 Å². The highest BCUT2D eigenvalue weighted by Crippen LogP contribution is 2.42. The van der Waals surface area contributed by atoms with Crippen molar-refractivity contribution in [2.45, 2.75) is 36.7 Å². The van der Waals surface area contributed by atoms with Gasteiger partial charge in [-0.05, 0) is 80.1 Å². The monoisotopic (exact) mass is 477 g/mol. The first-order valence-corrected chi connectivity index (χ1v) is 13.3.